The first-order valence-electron chi connectivity index (χ1n) is 12.7. The number of pyridine rings is 2. The highest BCUT2D eigenvalue weighted by atomic mass is 32.1. The lowest BCUT2D eigenvalue weighted by atomic mass is 9.96. The number of hydrogen-bond acceptors (Lipinski definition) is 3. The van der Waals surface area contributed by atoms with E-state index in [0.29, 0.717) is 0 Å². The molecule has 0 N–H and O–H groups in total. The number of fused-ring (bicyclic) bond motifs is 6. The summed E-state index contributed by atoms with van der Waals surface area (Å²) < 4.78 is 4.97. The van der Waals surface area contributed by atoms with Crippen molar-refractivity contribution in [3.05, 3.63) is 128 Å². The van der Waals surface area contributed by atoms with Gasteiger partial charge in [0.2, 0.25) is 0 Å². The second-order valence-electron chi connectivity index (χ2n) is 9.48. The Balaban J connectivity index is 1.37. The second kappa shape index (κ2) is 8.37. The number of benzene rings is 4. The molecule has 3 nitrogen and oxygen atoms in total. The van der Waals surface area contributed by atoms with Gasteiger partial charge in [0.25, 0.3) is 0 Å². The number of nitrogens with zero attached hydrogens (tertiary/aromatic N) is 3. The molecule has 0 aliphatic carbocycles. The van der Waals surface area contributed by atoms with E-state index in [9.17, 15) is 0 Å². The van der Waals surface area contributed by atoms with Gasteiger partial charge in [-0.2, -0.15) is 0 Å². The van der Waals surface area contributed by atoms with E-state index in [-0.39, 0.29) is 0 Å². The highest BCUT2D eigenvalue weighted by molar-refractivity contribution is 7.25. The van der Waals surface area contributed by atoms with Crippen LogP contribution in [-0.2, 0) is 0 Å². The fourth-order valence-electron chi connectivity index (χ4n) is 5.61. The molecule has 0 aliphatic heterocycles. The number of thiophene rings is 1. The van der Waals surface area contributed by atoms with Gasteiger partial charge in [-0.15, -0.1) is 11.3 Å². The average molecular weight is 504 g/mol. The van der Waals surface area contributed by atoms with Crippen molar-refractivity contribution in [2.45, 2.75) is 0 Å². The van der Waals surface area contributed by atoms with Crippen LogP contribution in [0.3, 0.4) is 0 Å². The smallest absolute Gasteiger partial charge is 0.0963 e. The number of rotatable bonds is 3. The van der Waals surface area contributed by atoms with Gasteiger partial charge in [0.1, 0.15) is 0 Å². The molecule has 4 aromatic carbocycles. The van der Waals surface area contributed by atoms with Gasteiger partial charge in [0.05, 0.1) is 22.2 Å². The third-order valence-electron chi connectivity index (χ3n) is 7.32. The maximum absolute atomic E-state index is 4.84. The van der Waals surface area contributed by atoms with Crippen LogP contribution in [0.4, 0.5) is 0 Å². The molecule has 0 saturated carbocycles. The molecular weight excluding hydrogens is 482 g/mol. The van der Waals surface area contributed by atoms with E-state index in [1.807, 2.05) is 41.9 Å². The Hall–Kier alpha value is -4.80. The van der Waals surface area contributed by atoms with Crippen molar-refractivity contribution in [2.24, 2.45) is 0 Å². The molecule has 8 rings (SSSR count). The second-order valence-corrected chi connectivity index (χ2v) is 10.6. The van der Waals surface area contributed by atoms with E-state index in [4.69, 9.17) is 4.98 Å². The third kappa shape index (κ3) is 3.21. The molecule has 0 unspecified atom stereocenters. The Labute approximate surface area is 223 Å². The minimum atomic E-state index is 0.972. The van der Waals surface area contributed by atoms with Gasteiger partial charge in [-0.3, -0.25) is 9.97 Å². The van der Waals surface area contributed by atoms with Crippen LogP contribution in [0.25, 0.3) is 70.2 Å². The van der Waals surface area contributed by atoms with Gasteiger partial charge in [-0.1, -0.05) is 54.6 Å². The Morgan fingerprint density at radius 1 is 0.526 bits per heavy atom. The van der Waals surface area contributed by atoms with Gasteiger partial charge >= 0.3 is 0 Å². The zero-order chi connectivity index (χ0) is 25.1. The molecule has 0 spiro atoms. The molecule has 0 aliphatic rings. The zero-order valence-corrected chi connectivity index (χ0v) is 21.2. The highest BCUT2D eigenvalue weighted by Gasteiger charge is 2.16. The first-order chi connectivity index (χ1) is 18.8. The van der Waals surface area contributed by atoms with Crippen LogP contribution in [0.2, 0.25) is 0 Å². The summed E-state index contributed by atoms with van der Waals surface area (Å²) >= 11 is 1.85. The van der Waals surface area contributed by atoms with Crippen molar-refractivity contribution in [1.29, 1.82) is 0 Å². The van der Waals surface area contributed by atoms with Crippen molar-refractivity contribution in [1.82, 2.24) is 14.5 Å². The largest absolute Gasteiger partial charge is 0.308 e. The van der Waals surface area contributed by atoms with Crippen LogP contribution in [-0.4, -0.2) is 14.5 Å². The molecule has 38 heavy (non-hydrogen) atoms. The summed E-state index contributed by atoms with van der Waals surface area (Å²) in [6, 6.07) is 40.9. The first kappa shape index (κ1) is 21.3. The van der Waals surface area contributed by atoms with Crippen LogP contribution in [0.5, 0.6) is 0 Å². The zero-order valence-electron chi connectivity index (χ0n) is 20.4. The topological polar surface area (TPSA) is 30.7 Å². The summed E-state index contributed by atoms with van der Waals surface area (Å²) in [5, 5.41) is 3.74. The lowest BCUT2D eigenvalue weighted by Crippen LogP contribution is -1.93. The molecule has 4 heterocycles. The van der Waals surface area contributed by atoms with Crippen LogP contribution >= 0.6 is 11.3 Å². The van der Waals surface area contributed by atoms with Gasteiger partial charge in [0, 0.05) is 49.2 Å². The molecule has 4 heteroatoms. The SMILES string of the molecule is c1ccc(-c2ccccc2-c2ccc3c(c2)c2ncccc2n3-c2ccc3sc4ccccc4c3c2)nc1. The van der Waals surface area contributed by atoms with E-state index in [1.54, 1.807) is 0 Å². The van der Waals surface area contributed by atoms with Crippen LogP contribution in [0.1, 0.15) is 0 Å². The molecule has 0 saturated heterocycles. The van der Waals surface area contributed by atoms with E-state index in [1.165, 1.54) is 20.2 Å². The predicted octanol–water partition coefficient (Wildman–Crippen LogP) is 9.28. The normalized spacial score (nSPS) is 11.7. The van der Waals surface area contributed by atoms with Crippen molar-refractivity contribution in [3.8, 4) is 28.1 Å². The summed E-state index contributed by atoms with van der Waals surface area (Å²) in [7, 11) is 0. The molecular formula is C34H21N3S. The molecule has 0 atom stereocenters. The quantitative estimate of drug-likeness (QED) is 0.240. The lowest BCUT2D eigenvalue weighted by molar-refractivity contribution is 1.18. The minimum absolute atomic E-state index is 0.972. The van der Waals surface area contributed by atoms with Crippen LogP contribution < -0.4 is 0 Å². The van der Waals surface area contributed by atoms with Gasteiger partial charge < -0.3 is 4.57 Å². The maximum Gasteiger partial charge on any atom is 0.0963 e. The third-order valence-corrected chi connectivity index (χ3v) is 8.47. The van der Waals surface area contributed by atoms with Gasteiger partial charge in [0.15, 0.2) is 0 Å². The van der Waals surface area contributed by atoms with E-state index in [2.05, 4.69) is 107 Å². The van der Waals surface area contributed by atoms with Gasteiger partial charge in [-0.25, -0.2) is 0 Å². The summed E-state index contributed by atoms with van der Waals surface area (Å²) in [5.74, 6) is 0. The molecule has 4 aromatic heterocycles. The molecule has 0 amide bonds. The Kier molecular flexibility index (Phi) is 4.69. The maximum atomic E-state index is 4.84. The number of aromatic nitrogens is 3. The summed E-state index contributed by atoms with van der Waals surface area (Å²) in [6.45, 7) is 0. The van der Waals surface area contributed by atoms with E-state index in [0.717, 1.165) is 50.0 Å². The van der Waals surface area contributed by atoms with E-state index >= 15 is 0 Å². The monoisotopic (exact) mass is 503 g/mol. The fourth-order valence-corrected chi connectivity index (χ4v) is 6.70. The highest BCUT2D eigenvalue weighted by Crippen LogP contribution is 2.39. The first-order valence-corrected chi connectivity index (χ1v) is 13.5. The Morgan fingerprint density at radius 2 is 1.34 bits per heavy atom. The summed E-state index contributed by atoms with van der Waals surface area (Å²) in [6.07, 6.45) is 3.73. The Morgan fingerprint density at radius 3 is 2.26 bits per heavy atom. The minimum Gasteiger partial charge on any atom is -0.308 e. The van der Waals surface area contributed by atoms with Crippen LogP contribution in [0.15, 0.2) is 128 Å². The van der Waals surface area contributed by atoms with E-state index < -0.39 is 0 Å². The standard InChI is InChI=1S/C34H21N3S/c1-2-9-25(29-11-5-6-18-35-29)24(8-1)22-14-16-30-28(20-22)34-31(12-7-19-36-34)37(30)23-15-17-33-27(21-23)26-10-3-4-13-32(26)38-33/h1-21H. The molecule has 0 fully saturated rings. The summed E-state index contributed by atoms with van der Waals surface area (Å²) in [5.41, 5.74) is 8.83. The Bertz CT molecular complexity index is 2140. The van der Waals surface area contributed by atoms with Crippen molar-refractivity contribution in [3.63, 3.8) is 0 Å². The van der Waals surface area contributed by atoms with Crippen molar-refractivity contribution in [2.75, 3.05) is 0 Å². The van der Waals surface area contributed by atoms with Gasteiger partial charge in [-0.05, 0) is 71.8 Å². The lowest BCUT2D eigenvalue weighted by Gasteiger charge is -2.11. The molecule has 178 valence electrons. The number of hydrogen-bond donors (Lipinski definition) is 0. The van der Waals surface area contributed by atoms with Crippen molar-refractivity contribution >= 4 is 53.4 Å². The average Bonchev–Trinajstić information content (AvgIpc) is 3.52. The van der Waals surface area contributed by atoms with Crippen LogP contribution in [0, 0.1) is 0 Å². The molecule has 0 bridgehead atoms. The van der Waals surface area contributed by atoms with Crippen molar-refractivity contribution < 1.29 is 0 Å². The molecule has 0 radical (unpaired) electrons. The molecule has 8 aromatic rings. The predicted molar refractivity (Wildman–Crippen MR) is 160 cm³/mol. The fraction of sp³-hybridized carbons (Fsp3) is 0. The summed E-state index contributed by atoms with van der Waals surface area (Å²) in [4.78, 5) is 9.46.